The summed E-state index contributed by atoms with van der Waals surface area (Å²) in [7, 11) is 0. The highest BCUT2D eigenvalue weighted by atomic mass is 16.3. The van der Waals surface area contributed by atoms with Crippen LogP contribution in [0.5, 0.6) is 5.75 Å². The van der Waals surface area contributed by atoms with Crippen molar-refractivity contribution >= 4 is 0 Å². The molecule has 2 nitrogen and oxygen atoms in total. The van der Waals surface area contributed by atoms with Crippen LogP contribution in [0.2, 0.25) is 0 Å². The second-order valence-corrected chi connectivity index (χ2v) is 6.45. The standard InChI is InChI=1S/C17H25NO/c1-12-5-8-14(9-6-12)18-17-4-2-3-13-7-10-15(19)11-16(13)17/h7,10-12,14,17-19H,2-6,8-9H2,1H3. The lowest BCUT2D eigenvalue weighted by Crippen LogP contribution is -2.37. The molecule has 2 heteroatoms. The van der Waals surface area contributed by atoms with E-state index in [0.29, 0.717) is 17.8 Å². The summed E-state index contributed by atoms with van der Waals surface area (Å²) in [6.45, 7) is 2.37. The molecule has 0 saturated heterocycles. The predicted molar refractivity (Wildman–Crippen MR) is 78.3 cm³/mol. The van der Waals surface area contributed by atoms with E-state index in [1.54, 1.807) is 0 Å². The van der Waals surface area contributed by atoms with Gasteiger partial charge in [-0.3, -0.25) is 0 Å². The van der Waals surface area contributed by atoms with Crippen molar-refractivity contribution in [1.29, 1.82) is 0 Å². The Hall–Kier alpha value is -1.02. The summed E-state index contributed by atoms with van der Waals surface area (Å²) in [5, 5.41) is 13.6. The maximum Gasteiger partial charge on any atom is 0.115 e. The quantitative estimate of drug-likeness (QED) is 0.843. The minimum absolute atomic E-state index is 0.407. The fourth-order valence-corrected chi connectivity index (χ4v) is 3.67. The predicted octanol–water partition coefficient (Wildman–Crippen LogP) is 3.94. The third-order valence-electron chi connectivity index (χ3n) is 4.90. The molecule has 0 spiro atoms. The lowest BCUT2D eigenvalue weighted by Gasteiger charge is -2.34. The Morgan fingerprint density at radius 3 is 2.68 bits per heavy atom. The molecule has 2 N–H and O–H groups in total. The Morgan fingerprint density at radius 2 is 1.89 bits per heavy atom. The molecule has 0 amide bonds. The maximum absolute atomic E-state index is 9.72. The zero-order chi connectivity index (χ0) is 13.2. The van der Waals surface area contributed by atoms with Crippen LogP contribution >= 0.6 is 0 Å². The van der Waals surface area contributed by atoms with Gasteiger partial charge in [-0.15, -0.1) is 0 Å². The van der Waals surface area contributed by atoms with Crippen LogP contribution in [-0.4, -0.2) is 11.1 Å². The van der Waals surface area contributed by atoms with Gasteiger partial charge < -0.3 is 10.4 Å². The van der Waals surface area contributed by atoms with Crippen LogP contribution in [0.4, 0.5) is 0 Å². The van der Waals surface area contributed by atoms with Crippen LogP contribution in [0.1, 0.15) is 62.6 Å². The molecule has 19 heavy (non-hydrogen) atoms. The molecule has 2 aliphatic carbocycles. The van der Waals surface area contributed by atoms with Crippen LogP contribution < -0.4 is 5.32 Å². The maximum atomic E-state index is 9.72. The highest BCUT2D eigenvalue weighted by Crippen LogP contribution is 2.34. The molecular formula is C17H25NO. The molecule has 0 heterocycles. The van der Waals surface area contributed by atoms with Crippen LogP contribution in [0.3, 0.4) is 0 Å². The molecule has 1 aromatic rings. The van der Waals surface area contributed by atoms with Crippen LogP contribution in [0, 0.1) is 5.92 Å². The Balaban J connectivity index is 1.71. The van der Waals surface area contributed by atoms with E-state index in [-0.39, 0.29) is 0 Å². The summed E-state index contributed by atoms with van der Waals surface area (Å²) in [5.74, 6) is 1.31. The SMILES string of the molecule is CC1CCC(NC2CCCc3ccc(O)cc32)CC1. The van der Waals surface area contributed by atoms with E-state index in [0.717, 1.165) is 12.3 Å². The van der Waals surface area contributed by atoms with Gasteiger partial charge in [0.15, 0.2) is 0 Å². The summed E-state index contributed by atoms with van der Waals surface area (Å²) in [6, 6.07) is 7.02. The number of phenols is 1. The smallest absolute Gasteiger partial charge is 0.115 e. The van der Waals surface area contributed by atoms with Crippen LogP contribution in [-0.2, 0) is 6.42 Å². The third-order valence-corrected chi connectivity index (χ3v) is 4.90. The highest BCUT2D eigenvalue weighted by Gasteiger charge is 2.25. The Morgan fingerprint density at radius 1 is 1.11 bits per heavy atom. The fourth-order valence-electron chi connectivity index (χ4n) is 3.67. The minimum atomic E-state index is 0.407. The molecule has 1 aromatic carbocycles. The summed E-state index contributed by atoms with van der Waals surface area (Å²) >= 11 is 0. The first kappa shape index (κ1) is 13.0. The van der Waals surface area contributed by atoms with Gasteiger partial charge in [-0.25, -0.2) is 0 Å². The van der Waals surface area contributed by atoms with Gasteiger partial charge in [-0.1, -0.05) is 13.0 Å². The summed E-state index contributed by atoms with van der Waals surface area (Å²) < 4.78 is 0. The van der Waals surface area contributed by atoms with Crippen molar-refractivity contribution in [3.8, 4) is 5.75 Å². The molecule has 0 aromatic heterocycles. The lowest BCUT2D eigenvalue weighted by atomic mass is 9.84. The van der Waals surface area contributed by atoms with Gasteiger partial charge >= 0.3 is 0 Å². The second-order valence-electron chi connectivity index (χ2n) is 6.45. The average molecular weight is 259 g/mol. The number of rotatable bonds is 2. The molecule has 0 radical (unpaired) electrons. The molecular weight excluding hydrogens is 234 g/mol. The van der Waals surface area contributed by atoms with E-state index in [2.05, 4.69) is 18.3 Å². The normalized spacial score (nSPS) is 30.9. The monoisotopic (exact) mass is 259 g/mol. The van der Waals surface area contributed by atoms with Gasteiger partial charge in [0.2, 0.25) is 0 Å². The van der Waals surface area contributed by atoms with Crippen LogP contribution in [0.25, 0.3) is 0 Å². The molecule has 3 rings (SSSR count). The van der Waals surface area contributed by atoms with Crippen molar-refractivity contribution in [2.24, 2.45) is 5.92 Å². The molecule has 2 aliphatic rings. The number of hydrogen-bond donors (Lipinski definition) is 2. The molecule has 1 atom stereocenters. The Kier molecular flexibility index (Phi) is 3.79. The number of aromatic hydroxyl groups is 1. The number of benzene rings is 1. The van der Waals surface area contributed by atoms with Crippen molar-refractivity contribution in [1.82, 2.24) is 5.32 Å². The van der Waals surface area contributed by atoms with E-state index in [4.69, 9.17) is 0 Å². The summed E-state index contributed by atoms with van der Waals surface area (Å²) in [6.07, 6.45) is 8.97. The zero-order valence-corrected chi connectivity index (χ0v) is 11.9. The first-order valence-electron chi connectivity index (χ1n) is 7.80. The van der Waals surface area contributed by atoms with Gasteiger partial charge in [-0.05, 0) is 74.1 Å². The topological polar surface area (TPSA) is 32.3 Å². The highest BCUT2D eigenvalue weighted by molar-refractivity contribution is 5.38. The number of aryl methyl sites for hydroxylation is 1. The van der Waals surface area contributed by atoms with Crippen molar-refractivity contribution < 1.29 is 5.11 Å². The third kappa shape index (κ3) is 2.94. The summed E-state index contributed by atoms with van der Waals surface area (Å²) in [4.78, 5) is 0. The zero-order valence-electron chi connectivity index (χ0n) is 11.9. The first-order chi connectivity index (χ1) is 9.22. The largest absolute Gasteiger partial charge is 0.508 e. The first-order valence-corrected chi connectivity index (χ1v) is 7.80. The summed E-state index contributed by atoms with van der Waals surface area (Å²) in [5.41, 5.74) is 2.76. The van der Waals surface area contributed by atoms with Gasteiger partial charge in [0.05, 0.1) is 0 Å². The van der Waals surface area contributed by atoms with Crippen molar-refractivity contribution in [3.05, 3.63) is 29.3 Å². The minimum Gasteiger partial charge on any atom is -0.508 e. The van der Waals surface area contributed by atoms with Gasteiger partial charge in [0.25, 0.3) is 0 Å². The van der Waals surface area contributed by atoms with E-state index < -0.39 is 0 Å². The van der Waals surface area contributed by atoms with Crippen LogP contribution in [0.15, 0.2) is 18.2 Å². The molecule has 1 fully saturated rings. The fraction of sp³-hybridized carbons (Fsp3) is 0.647. The van der Waals surface area contributed by atoms with E-state index in [1.807, 2.05) is 12.1 Å². The van der Waals surface area contributed by atoms with Crippen molar-refractivity contribution in [2.75, 3.05) is 0 Å². The van der Waals surface area contributed by atoms with E-state index in [1.165, 1.54) is 49.7 Å². The lowest BCUT2D eigenvalue weighted by molar-refractivity contribution is 0.277. The number of hydrogen-bond acceptors (Lipinski definition) is 2. The molecule has 1 saturated carbocycles. The molecule has 0 aliphatic heterocycles. The Bertz CT molecular complexity index is 435. The second kappa shape index (κ2) is 5.54. The van der Waals surface area contributed by atoms with Gasteiger partial charge in [0.1, 0.15) is 5.75 Å². The van der Waals surface area contributed by atoms with Gasteiger partial charge in [0, 0.05) is 12.1 Å². The average Bonchev–Trinajstić information content (AvgIpc) is 2.42. The molecule has 1 unspecified atom stereocenters. The van der Waals surface area contributed by atoms with E-state index >= 15 is 0 Å². The van der Waals surface area contributed by atoms with Crippen molar-refractivity contribution in [3.63, 3.8) is 0 Å². The van der Waals surface area contributed by atoms with Crippen molar-refractivity contribution in [2.45, 2.75) is 64.0 Å². The molecule has 0 bridgehead atoms. The number of nitrogens with one attached hydrogen (secondary N) is 1. The number of phenolic OH excluding ortho intramolecular Hbond substituents is 1. The van der Waals surface area contributed by atoms with Gasteiger partial charge in [-0.2, -0.15) is 0 Å². The number of fused-ring (bicyclic) bond motifs is 1. The molecule has 104 valence electrons. The Labute approximate surface area is 116 Å². The van der Waals surface area contributed by atoms with E-state index in [9.17, 15) is 5.11 Å².